The fourth-order valence-electron chi connectivity index (χ4n) is 1.81. The predicted molar refractivity (Wildman–Crippen MR) is 82.1 cm³/mol. The van der Waals surface area contributed by atoms with Crippen LogP contribution in [0.15, 0.2) is 41.4 Å². The van der Waals surface area contributed by atoms with Crippen molar-refractivity contribution in [3.8, 4) is 11.5 Å². The summed E-state index contributed by atoms with van der Waals surface area (Å²) in [7, 11) is 1.42. The average molecular weight is 320 g/mol. The van der Waals surface area contributed by atoms with E-state index in [-0.39, 0.29) is 18.0 Å². The summed E-state index contributed by atoms with van der Waals surface area (Å²) in [4.78, 5) is 15.6. The SMILES string of the molecule is COc1cccc(C=NCC(=O)Nc2ccc(F)c(F)c2)c1O. The van der Waals surface area contributed by atoms with Crippen LogP contribution >= 0.6 is 0 Å². The first-order valence-electron chi connectivity index (χ1n) is 6.62. The van der Waals surface area contributed by atoms with Gasteiger partial charge >= 0.3 is 0 Å². The van der Waals surface area contributed by atoms with Crippen molar-refractivity contribution in [3.05, 3.63) is 53.6 Å². The molecule has 2 aromatic rings. The molecule has 2 N–H and O–H groups in total. The molecule has 0 spiro atoms. The van der Waals surface area contributed by atoms with E-state index >= 15 is 0 Å². The van der Waals surface area contributed by atoms with E-state index in [0.29, 0.717) is 11.3 Å². The van der Waals surface area contributed by atoms with E-state index in [9.17, 15) is 18.7 Å². The number of methoxy groups -OCH3 is 1. The maximum atomic E-state index is 13.0. The number of halogens is 2. The third-order valence-corrected chi connectivity index (χ3v) is 2.92. The molecule has 23 heavy (non-hydrogen) atoms. The molecular weight excluding hydrogens is 306 g/mol. The smallest absolute Gasteiger partial charge is 0.246 e. The van der Waals surface area contributed by atoms with E-state index in [2.05, 4.69) is 10.3 Å². The summed E-state index contributed by atoms with van der Waals surface area (Å²) < 4.78 is 30.8. The number of rotatable bonds is 5. The van der Waals surface area contributed by atoms with E-state index in [1.807, 2.05) is 0 Å². The normalized spacial score (nSPS) is 10.7. The highest BCUT2D eigenvalue weighted by Crippen LogP contribution is 2.27. The molecule has 0 aliphatic carbocycles. The molecule has 2 aromatic carbocycles. The molecule has 0 radical (unpaired) electrons. The Morgan fingerprint density at radius 1 is 1.30 bits per heavy atom. The van der Waals surface area contributed by atoms with Crippen molar-refractivity contribution in [1.82, 2.24) is 0 Å². The average Bonchev–Trinajstić information content (AvgIpc) is 2.52. The number of carbonyl (C=O) groups excluding carboxylic acids is 1. The van der Waals surface area contributed by atoms with Gasteiger partial charge in [-0.2, -0.15) is 0 Å². The molecular formula is C16H14F2N2O3. The van der Waals surface area contributed by atoms with Crippen molar-refractivity contribution in [1.29, 1.82) is 0 Å². The second kappa shape index (κ2) is 7.35. The van der Waals surface area contributed by atoms with Crippen LogP contribution in [-0.2, 0) is 4.79 Å². The van der Waals surface area contributed by atoms with Crippen LogP contribution in [0.3, 0.4) is 0 Å². The highest BCUT2D eigenvalue weighted by atomic mass is 19.2. The van der Waals surface area contributed by atoms with E-state index < -0.39 is 17.5 Å². The molecule has 0 unspecified atom stereocenters. The first-order chi connectivity index (χ1) is 11.0. The van der Waals surface area contributed by atoms with Crippen LogP contribution < -0.4 is 10.1 Å². The number of carbonyl (C=O) groups is 1. The third-order valence-electron chi connectivity index (χ3n) is 2.92. The Morgan fingerprint density at radius 3 is 2.78 bits per heavy atom. The Bertz CT molecular complexity index is 748. The Kier molecular flexibility index (Phi) is 5.24. The minimum atomic E-state index is -1.05. The molecule has 7 heteroatoms. The number of phenols is 1. The van der Waals surface area contributed by atoms with Crippen molar-refractivity contribution >= 4 is 17.8 Å². The lowest BCUT2D eigenvalue weighted by Crippen LogP contribution is -2.15. The van der Waals surface area contributed by atoms with Crippen LogP contribution in [0.25, 0.3) is 0 Å². The first-order valence-corrected chi connectivity index (χ1v) is 6.62. The van der Waals surface area contributed by atoms with Gasteiger partial charge in [-0.05, 0) is 24.3 Å². The molecule has 5 nitrogen and oxygen atoms in total. The summed E-state index contributed by atoms with van der Waals surface area (Å²) >= 11 is 0. The molecule has 2 rings (SSSR count). The molecule has 0 fully saturated rings. The van der Waals surface area contributed by atoms with Crippen molar-refractivity contribution in [2.24, 2.45) is 4.99 Å². The molecule has 1 amide bonds. The second-order valence-corrected chi connectivity index (χ2v) is 4.54. The quantitative estimate of drug-likeness (QED) is 0.832. The van der Waals surface area contributed by atoms with Gasteiger partial charge in [0.1, 0.15) is 6.54 Å². The number of amides is 1. The summed E-state index contributed by atoms with van der Waals surface area (Å²) in [6, 6.07) is 7.90. The minimum Gasteiger partial charge on any atom is -0.504 e. The largest absolute Gasteiger partial charge is 0.504 e. The van der Waals surface area contributed by atoms with Gasteiger partial charge in [-0.1, -0.05) is 6.07 Å². The standard InChI is InChI=1S/C16H14F2N2O3/c1-23-14-4-2-3-10(16(14)22)8-19-9-15(21)20-11-5-6-12(17)13(18)7-11/h2-8,22H,9H2,1H3,(H,20,21). The summed E-state index contributed by atoms with van der Waals surface area (Å²) in [5.41, 5.74) is 0.526. The van der Waals surface area contributed by atoms with Gasteiger partial charge in [-0.3, -0.25) is 9.79 Å². The summed E-state index contributed by atoms with van der Waals surface area (Å²) in [5, 5.41) is 12.2. The number of hydrogen-bond donors (Lipinski definition) is 2. The number of aromatic hydroxyl groups is 1. The highest BCUT2D eigenvalue weighted by Gasteiger charge is 2.07. The molecule has 0 heterocycles. The number of nitrogens with zero attached hydrogens (tertiary/aromatic N) is 1. The molecule has 0 saturated heterocycles. The molecule has 0 aliphatic heterocycles. The zero-order chi connectivity index (χ0) is 16.8. The zero-order valence-electron chi connectivity index (χ0n) is 12.2. The number of aliphatic imine (C=N–C) groups is 1. The molecule has 0 atom stereocenters. The number of benzene rings is 2. The van der Waals surface area contributed by atoms with Gasteiger partial charge in [0.15, 0.2) is 23.1 Å². The molecule has 0 bridgehead atoms. The minimum absolute atomic E-state index is 0.0836. The predicted octanol–water partition coefficient (Wildman–Crippen LogP) is 2.74. The maximum absolute atomic E-state index is 13.0. The van der Waals surface area contributed by atoms with Gasteiger partial charge < -0.3 is 15.2 Å². The Hall–Kier alpha value is -2.96. The molecule has 0 saturated carbocycles. The van der Waals surface area contributed by atoms with Crippen LogP contribution in [0.5, 0.6) is 11.5 Å². The van der Waals surface area contributed by atoms with Gasteiger partial charge in [0.2, 0.25) is 5.91 Å². The van der Waals surface area contributed by atoms with Crippen molar-refractivity contribution in [2.75, 3.05) is 19.0 Å². The highest BCUT2D eigenvalue weighted by molar-refractivity contribution is 5.94. The van der Waals surface area contributed by atoms with Gasteiger partial charge in [0.25, 0.3) is 0 Å². The number of ether oxygens (including phenoxy) is 1. The number of para-hydroxylation sites is 1. The lowest BCUT2D eigenvalue weighted by molar-refractivity contribution is -0.114. The van der Waals surface area contributed by atoms with Crippen LogP contribution in [0.2, 0.25) is 0 Å². The number of phenolic OH excluding ortho intramolecular Hbond substituents is 1. The fraction of sp³-hybridized carbons (Fsp3) is 0.125. The lowest BCUT2D eigenvalue weighted by atomic mass is 10.2. The monoisotopic (exact) mass is 320 g/mol. The molecule has 0 aromatic heterocycles. The van der Waals surface area contributed by atoms with E-state index in [4.69, 9.17) is 4.74 Å². The first kappa shape index (κ1) is 16.4. The summed E-state index contributed by atoms with van der Waals surface area (Å²) in [6.07, 6.45) is 1.32. The number of anilines is 1. The maximum Gasteiger partial charge on any atom is 0.246 e. The van der Waals surface area contributed by atoms with Crippen LogP contribution in [0.4, 0.5) is 14.5 Å². The van der Waals surface area contributed by atoms with Crippen molar-refractivity contribution in [2.45, 2.75) is 0 Å². The number of hydrogen-bond acceptors (Lipinski definition) is 4. The molecule has 120 valence electrons. The number of nitrogens with one attached hydrogen (secondary N) is 1. The zero-order valence-corrected chi connectivity index (χ0v) is 12.2. The lowest BCUT2D eigenvalue weighted by Gasteiger charge is -2.05. The van der Waals surface area contributed by atoms with E-state index in [1.165, 1.54) is 19.4 Å². The van der Waals surface area contributed by atoms with Gasteiger partial charge in [0, 0.05) is 23.5 Å². The van der Waals surface area contributed by atoms with Gasteiger partial charge in [-0.15, -0.1) is 0 Å². The second-order valence-electron chi connectivity index (χ2n) is 4.54. The third kappa shape index (κ3) is 4.26. The topological polar surface area (TPSA) is 70.9 Å². The van der Waals surface area contributed by atoms with Gasteiger partial charge in [0.05, 0.1) is 7.11 Å². The Morgan fingerprint density at radius 2 is 2.09 bits per heavy atom. The van der Waals surface area contributed by atoms with Crippen LogP contribution in [0, 0.1) is 11.6 Å². The van der Waals surface area contributed by atoms with Crippen molar-refractivity contribution in [3.63, 3.8) is 0 Å². The van der Waals surface area contributed by atoms with Crippen molar-refractivity contribution < 1.29 is 23.4 Å². The molecule has 0 aliphatic rings. The van der Waals surface area contributed by atoms with Crippen LogP contribution in [0.1, 0.15) is 5.56 Å². The fourth-order valence-corrected chi connectivity index (χ4v) is 1.81. The van der Waals surface area contributed by atoms with Crippen LogP contribution in [-0.4, -0.2) is 30.9 Å². The Balaban J connectivity index is 1.97. The summed E-state index contributed by atoms with van der Waals surface area (Å²) in [6.45, 7) is -0.240. The van der Waals surface area contributed by atoms with E-state index in [1.54, 1.807) is 18.2 Å². The van der Waals surface area contributed by atoms with Gasteiger partial charge in [-0.25, -0.2) is 8.78 Å². The van der Waals surface area contributed by atoms with E-state index in [0.717, 1.165) is 12.1 Å². The summed E-state index contributed by atoms with van der Waals surface area (Å²) in [5.74, 6) is -2.34. The Labute approximate surface area is 131 Å².